The molecule has 6 nitrogen and oxygen atoms in total. The summed E-state index contributed by atoms with van der Waals surface area (Å²) in [5.74, 6) is -11.6. The highest BCUT2D eigenvalue weighted by atomic mass is 32.2. The van der Waals surface area contributed by atoms with Crippen LogP contribution in [-0.2, 0) is 10.0 Å². The van der Waals surface area contributed by atoms with E-state index < -0.39 is 49.1 Å². The number of sulfonamides is 1. The van der Waals surface area contributed by atoms with E-state index in [9.17, 15) is 30.4 Å². The maximum Gasteiger partial charge on any atom is 0.291 e. The van der Waals surface area contributed by atoms with E-state index >= 15 is 0 Å². The maximum absolute atomic E-state index is 13.3. The average Bonchev–Trinajstić information content (AvgIpc) is 2.87. The lowest BCUT2D eigenvalue weighted by atomic mass is 10.2. The maximum atomic E-state index is 13.3. The molecule has 13 heteroatoms. The minimum Gasteiger partial charge on any atom is -0.374 e. The molecule has 0 unspecified atom stereocenters. The molecule has 0 radical (unpaired) electrons. The van der Waals surface area contributed by atoms with E-state index in [0.717, 1.165) is 0 Å². The third-order valence-electron chi connectivity index (χ3n) is 2.10. The molecule has 0 aliphatic carbocycles. The fourth-order valence-electron chi connectivity index (χ4n) is 1.20. The Hall–Kier alpha value is -2.02. The zero-order valence-corrected chi connectivity index (χ0v) is 11.1. The van der Waals surface area contributed by atoms with Gasteiger partial charge in [-0.3, -0.25) is 4.72 Å². The second-order valence-electron chi connectivity index (χ2n) is 3.46. The van der Waals surface area contributed by atoms with Crippen LogP contribution in [0.5, 0.6) is 0 Å². The minimum absolute atomic E-state index is 0.271. The fraction of sp³-hybridized carbons (Fsp3) is 0. The van der Waals surface area contributed by atoms with E-state index in [0.29, 0.717) is 11.3 Å². The van der Waals surface area contributed by atoms with Gasteiger partial charge in [-0.25, -0.2) is 22.0 Å². The van der Waals surface area contributed by atoms with Gasteiger partial charge in [-0.05, 0) is 0 Å². The van der Waals surface area contributed by atoms with Gasteiger partial charge in [-0.15, -0.1) is 10.2 Å². The standard InChI is InChI=1S/C8H3F5N4O2S2/c9-1-2(10)4(12)6(5(13)3(1)11)17-21(18,19)8-16-15-7(14)20-8/h17H,(H2,14,15). The van der Waals surface area contributed by atoms with Gasteiger partial charge in [0, 0.05) is 0 Å². The Morgan fingerprint density at radius 3 is 1.81 bits per heavy atom. The predicted octanol–water partition coefficient (Wildman–Crippen LogP) is 1.62. The molecule has 114 valence electrons. The van der Waals surface area contributed by atoms with Crippen LogP contribution in [0.25, 0.3) is 0 Å². The summed E-state index contributed by atoms with van der Waals surface area (Å²) in [6, 6.07) is 0. The van der Waals surface area contributed by atoms with Crippen molar-refractivity contribution in [2.24, 2.45) is 0 Å². The molecule has 0 fully saturated rings. The van der Waals surface area contributed by atoms with E-state index in [2.05, 4.69) is 10.2 Å². The predicted molar refractivity (Wildman–Crippen MR) is 61.4 cm³/mol. The Morgan fingerprint density at radius 2 is 1.38 bits per heavy atom. The number of hydrogen-bond acceptors (Lipinski definition) is 6. The molecule has 2 rings (SSSR count). The number of anilines is 2. The van der Waals surface area contributed by atoms with Gasteiger partial charge < -0.3 is 5.73 Å². The summed E-state index contributed by atoms with van der Waals surface area (Å²) in [6.07, 6.45) is 0. The monoisotopic (exact) mass is 346 g/mol. The number of nitrogens with two attached hydrogens (primary N) is 1. The largest absolute Gasteiger partial charge is 0.374 e. The van der Waals surface area contributed by atoms with Crippen LogP contribution in [0, 0.1) is 29.1 Å². The van der Waals surface area contributed by atoms with Crippen LogP contribution in [0.2, 0.25) is 0 Å². The Balaban J connectivity index is 2.55. The zero-order chi connectivity index (χ0) is 15.9. The Kier molecular flexibility index (Phi) is 3.71. The normalized spacial score (nSPS) is 11.7. The smallest absolute Gasteiger partial charge is 0.291 e. The molecule has 1 aromatic carbocycles. The highest BCUT2D eigenvalue weighted by molar-refractivity contribution is 7.94. The SMILES string of the molecule is Nc1nnc(S(=O)(=O)Nc2c(F)c(F)c(F)c(F)c2F)s1. The lowest BCUT2D eigenvalue weighted by Crippen LogP contribution is -2.17. The molecule has 0 aliphatic heterocycles. The first-order chi connectivity index (χ1) is 9.65. The second-order valence-corrected chi connectivity index (χ2v) is 6.32. The van der Waals surface area contributed by atoms with E-state index in [1.165, 1.54) is 4.72 Å². The Morgan fingerprint density at radius 1 is 0.905 bits per heavy atom. The number of aromatic nitrogens is 2. The third kappa shape index (κ3) is 2.61. The number of nitrogens with zero attached hydrogens (tertiary/aromatic N) is 2. The van der Waals surface area contributed by atoms with Gasteiger partial charge >= 0.3 is 0 Å². The number of benzene rings is 1. The van der Waals surface area contributed by atoms with E-state index in [-0.39, 0.29) is 5.13 Å². The van der Waals surface area contributed by atoms with Crippen LogP contribution in [0.1, 0.15) is 0 Å². The van der Waals surface area contributed by atoms with Gasteiger partial charge in [0.25, 0.3) is 14.4 Å². The lowest BCUT2D eigenvalue weighted by molar-refractivity contribution is 0.382. The topological polar surface area (TPSA) is 98.0 Å². The summed E-state index contributed by atoms with van der Waals surface area (Å²) in [4.78, 5) is 0. The van der Waals surface area contributed by atoms with E-state index in [1.54, 1.807) is 0 Å². The summed E-state index contributed by atoms with van der Waals surface area (Å²) in [7, 11) is -4.70. The van der Waals surface area contributed by atoms with Crippen LogP contribution >= 0.6 is 11.3 Å². The van der Waals surface area contributed by atoms with Gasteiger partial charge in [-0.2, -0.15) is 8.42 Å². The van der Waals surface area contributed by atoms with Crippen molar-refractivity contribution < 1.29 is 30.4 Å². The van der Waals surface area contributed by atoms with Crippen molar-refractivity contribution in [2.45, 2.75) is 4.34 Å². The van der Waals surface area contributed by atoms with Crippen molar-refractivity contribution in [3.63, 3.8) is 0 Å². The molecule has 21 heavy (non-hydrogen) atoms. The van der Waals surface area contributed by atoms with E-state index in [1.807, 2.05) is 0 Å². The summed E-state index contributed by atoms with van der Waals surface area (Å²) >= 11 is 0.336. The van der Waals surface area contributed by atoms with Crippen molar-refractivity contribution in [3.8, 4) is 0 Å². The Labute approximate surface area is 117 Å². The summed E-state index contributed by atoms with van der Waals surface area (Å²) in [6.45, 7) is 0. The van der Waals surface area contributed by atoms with Gasteiger partial charge in [0.15, 0.2) is 23.3 Å². The number of halogens is 5. The number of hydrogen-bond donors (Lipinski definition) is 2. The molecule has 0 spiro atoms. The first-order valence-corrected chi connectivity index (χ1v) is 7.08. The molecular weight excluding hydrogens is 343 g/mol. The highest BCUT2D eigenvalue weighted by Gasteiger charge is 2.30. The van der Waals surface area contributed by atoms with Gasteiger partial charge in [0.1, 0.15) is 5.69 Å². The van der Waals surface area contributed by atoms with Crippen LogP contribution in [0.15, 0.2) is 4.34 Å². The van der Waals surface area contributed by atoms with Gasteiger partial charge in [-0.1, -0.05) is 11.3 Å². The molecule has 0 atom stereocenters. The molecule has 1 aromatic heterocycles. The quantitative estimate of drug-likeness (QED) is 0.500. The van der Waals surface area contributed by atoms with Crippen LogP contribution in [0.4, 0.5) is 32.8 Å². The van der Waals surface area contributed by atoms with Crippen molar-refractivity contribution in [3.05, 3.63) is 29.1 Å². The molecule has 2 aromatic rings. The molecule has 0 saturated heterocycles. The highest BCUT2D eigenvalue weighted by Crippen LogP contribution is 2.29. The molecule has 0 aliphatic rings. The fourth-order valence-corrected chi connectivity index (χ4v) is 3.05. The van der Waals surface area contributed by atoms with Crippen LogP contribution in [-0.4, -0.2) is 18.6 Å². The van der Waals surface area contributed by atoms with Crippen molar-refractivity contribution in [2.75, 3.05) is 10.5 Å². The first kappa shape index (κ1) is 15.4. The van der Waals surface area contributed by atoms with E-state index in [4.69, 9.17) is 5.73 Å². The molecule has 0 amide bonds. The van der Waals surface area contributed by atoms with Crippen molar-refractivity contribution in [1.29, 1.82) is 0 Å². The molecule has 0 bridgehead atoms. The molecule has 3 N–H and O–H groups in total. The molecular formula is C8H3F5N4O2S2. The average molecular weight is 346 g/mol. The summed E-state index contributed by atoms with van der Waals surface area (Å²) < 4.78 is 89.2. The summed E-state index contributed by atoms with van der Waals surface area (Å²) in [5.41, 5.74) is 3.41. The number of nitrogens with one attached hydrogen (secondary N) is 1. The minimum atomic E-state index is -4.70. The first-order valence-electron chi connectivity index (χ1n) is 4.78. The molecule has 1 heterocycles. The van der Waals surface area contributed by atoms with Crippen molar-refractivity contribution >= 4 is 32.2 Å². The van der Waals surface area contributed by atoms with Crippen LogP contribution < -0.4 is 10.5 Å². The third-order valence-corrected chi connectivity index (χ3v) is 4.57. The zero-order valence-electron chi connectivity index (χ0n) is 9.49. The van der Waals surface area contributed by atoms with Gasteiger partial charge in [0.05, 0.1) is 0 Å². The summed E-state index contributed by atoms with van der Waals surface area (Å²) in [5, 5.41) is 5.97. The Bertz CT molecular complexity index is 793. The number of rotatable bonds is 3. The molecule has 0 saturated carbocycles. The van der Waals surface area contributed by atoms with Crippen molar-refractivity contribution in [1.82, 2.24) is 10.2 Å². The lowest BCUT2D eigenvalue weighted by Gasteiger charge is -2.09. The van der Waals surface area contributed by atoms with Crippen LogP contribution in [0.3, 0.4) is 0 Å². The van der Waals surface area contributed by atoms with Gasteiger partial charge in [0.2, 0.25) is 10.9 Å². The number of nitrogen functional groups attached to an aromatic ring is 1. The second kappa shape index (κ2) is 5.07.